The molecule has 0 N–H and O–H groups in total. The van der Waals surface area contributed by atoms with E-state index < -0.39 is 5.60 Å². The zero-order chi connectivity index (χ0) is 14.0. The summed E-state index contributed by atoms with van der Waals surface area (Å²) in [6.07, 6.45) is 3.39. The minimum atomic E-state index is -0.466. The number of hydrogen-bond donors (Lipinski definition) is 0. The summed E-state index contributed by atoms with van der Waals surface area (Å²) in [5.41, 5.74) is 0.432. The van der Waals surface area contributed by atoms with Crippen molar-refractivity contribution < 1.29 is 9.53 Å². The summed E-state index contributed by atoms with van der Waals surface area (Å²) in [6, 6.07) is 1.89. The van der Waals surface area contributed by atoms with Gasteiger partial charge in [-0.2, -0.15) is 0 Å². The number of likely N-dealkylation sites (tertiary alicyclic amines) is 1. The molecular weight excluding hydrogens is 242 g/mol. The number of hydrogen-bond acceptors (Lipinski definition) is 4. The highest BCUT2D eigenvalue weighted by molar-refractivity contribution is 5.69. The fourth-order valence-corrected chi connectivity index (χ4v) is 2.27. The van der Waals surface area contributed by atoms with Crippen molar-refractivity contribution in [3.63, 3.8) is 0 Å². The maximum Gasteiger partial charge on any atom is 0.410 e. The molecule has 0 radical (unpaired) electrons. The van der Waals surface area contributed by atoms with Crippen LogP contribution >= 0.6 is 0 Å². The Morgan fingerprint density at radius 1 is 1.47 bits per heavy atom. The van der Waals surface area contributed by atoms with Gasteiger partial charge in [-0.25, -0.2) is 14.8 Å². The molecule has 1 saturated heterocycles. The van der Waals surface area contributed by atoms with Crippen molar-refractivity contribution in [1.29, 1.82) is 0 Å². The Bertz CT molecular complexity index is 468. The maximum atomic E-state index is 12.2. The largest absolute Gasteiger partial charge is 0.444 e. The predicted octanol–water partition coefficient (Wildman–Crippen LogP) is 2.86. The van der Waals surface area contributed by atoms with Crippen LogP contribution in [0.4, 0.5) is 4.79 Å². The van der Waals surface area contributed by atoms with Crippen molar-refractivity contribution >= 4 is 6.09 Å². The lowest BCUT2D eigenvalue weighted by atomic mass is 10.1. The Labute approximate surface area is 114 Å². The Morgan fingerprint density at radius 2 is 2.21 bits per heavy atom. The topological polar surface area (TPSA) is 55.3 Å². The van der Waals surface area contributed by atoms with Gasteiger partial charge in [0, 0.05) is 12.7 Å². The molecule has 5 nitrogen and oxygen atoms in total. The van der Waals surface area contributed by atoms with Crippen LogP contribution in [0.5, 0.6) is 0 Å². The summed E-state index contributed by atoms with van der Waals surface area (Å²) in [7, 11) is 0. The van der Waals surface area contributed by atoms with Gasteiger partial charge in [0.2, 0.25) is 0 Å². The lowest BCUT2D eigenvalue weighted by Crippen LogP contribution is -2.36. The molecule has 1 aliphatic heterocycles. The molecule has 0 spiro atoms. The Kier molecular flexibility index (Phi) is 3.73. The molecule has 0 unspecified atom stereocenters. The van der Waals surface area contributed by atoms with Gasteiger partial charge in [0.1, 0.15) is 11.4 Å². The van der Waals surface area contributed by atoms with Gasteiger partial charge in [-0.3, -0.25) is 4.90 Å². The highest BCUT2D eigenvalue weighted by atomic mass is 16.6. The summed E-state index contributed by atoms with van der Waals surface area (Å²) in [6.45, 7) is 8.22. The molecule has 0 aliphatic carbocycles. The number of rotatable bonds is 1. The van der Waals surface area contributed by atoms with Gasteiger partial charge in [0.15, 0.2) is 0 Å². The molecular formula is C14H21N3O2. The average molecular weight is 263 g/mol. The third kappa shape index (κ3) is 3.43. The van der Waals surface area contributed by atoms with Crippen molar-refractivity contribution in [2.75, 3.05) is 6.54 Å². The van der Waals surface area contributed by atoms with Gasteiger partial charge in [-0.15, -0.1) is 0 Å². The minimum absolute atomic E-state index is 0.0107. The van der Waals surface area contributed by atoms with E-state index in [9.17, 15) is 4.79 Å². The molecule has 0 aromatic carbocycles. The number of nitrogens with zero attached hydrogens (tertiary/aromatic N) is 3. The zero-order valence-corrected chi connectivity index (χ0v) is 12.0. The zero-order valence-electron chi connectivity index (χ0n) is 12.0. The fraction of sp³-hybridized carbons (Fsp3) is 0.643. The smallest absolute Gasteiger partial charge is 0.410 e. The summed E-state index contributed by atoms with van der Waals surface area (Å²) in [5, 5.41) is 0. The van der Waals surface area contributed by atoms with Crippen LogP contribution in [-0.4, -0.2) is 33.1 Å². The molecule has 0 bridgehead atoms. The SMILES string of the molecule is Cc1nccc([C@H]2CCCN2C(=O)OC(C)(C)C)n1. The van der Waals surface area contributed by atoms with Crippen LogP contribution in [0.3, 0.4) is 0 Å². The Balaban J connectivity index is 2.15. The third-order valence-corrected chi connectivity index (χ3v) is 3.02. The summed E-state index contributed by atoms with van der Waals surface area (Å²) in [5.74, 6) is 0.730. The van der Waals surface area contributed by atoms with E-state index in [0.717, 1.165) is 30.9 Å². The molecule has 19 heavy (non-hydrogen) atoms. The quantitative estimate of drug-likeness (QED) is 0.781. The molecule has 2 heterocycles. The standard InChI is InChI=1S/C14H21N3O2/c1-10-15-8-7-11(16-10)12-6-5-9-17(12)13(18)19-14(2,3)4/h7-8,12H,5-6,9H2,1-4H3/t12-/m1/s1. The van der Waals surface area contributed by atoms with Crippen LogP contribution < -0.4 is 0 Å². The van der Waals surface area contributed by atoms with Crippen LogP contribution in [0.1, 0.15) is 51.2 Å². The second-order valence-electron chi connectivity index (χ2n) is 5.86. The van der Waals surface area contributed by atoms with Crippen molar-refractivity contribution in [3.8, 4) is 0 Å². The highest BCUT2D eigenvalue weighted by Crippen LogP contribution is 2.31. The third-order valence-electron chi connectivity index (χ3n) is 3.02. The molecule has 104 valence electrons. The van der Waals surface area contributed by atoms with Gasteiger partial charge >= 0.3 is 6.09 Å². The highest BCUT2D eigenvalue weighted by Gasteiger charge is 2.33. The molecule has 1 atom stereocenters. The van der Waals surface area contributed by atoms with E-state index in [4.69, 9.17) is 4.74 Å². The van der Waals surface area contributed by atoms with Gasteiger partial charge in [0.05, 0.1) is 11.7 Å². The van der Waals surface area contributed by atoms with Crippen molar-refractivity contribution in [3.05, 3.63) is 23.8 Å². The van der Waals surface area contributed by atoms with Crippen molar-refractivity contribution in [2.45, 2.75) is 52.2 Å². The van der Waals surface area contributed by atoms with Crippen molar-refractivity contribution in [2.24, 2.45) is 0 Å². The Morgan fingerprint density at radius 3 is 2.84 bits per heavy atom. The average Bonchev–Trinajstić information content (AvgIpc) is 2.75. The summed E-state index contributed by atoms with van der Waals surface area (Å²) in [4.78, 5) is 22.5. The molecule has 1 aromatic heterocycles. The van der Waals surface area contributed by atoms with E-state index in [0.29, 0.717) is 0 Å². The molecule has 1 fully saturated rings. The fourth-order valence-electron chi connectivity index (χ4n) is 2.27. The predicted molar refractivity (Wildman–Crippen MR) is 71.7 cm³/mol. The number of amides is 1. The van der Waals surface area contributed by atoms with Crippen molar-refractivity contribution in [1.82, 2.24) is 14.9 Å². The van der Waals surface area contributed by atoms with Crippen LogP contribution in [0.2, 0.25) is 0 Å². The van der Waals surface area contributed by atoms with E-state index in [1.54, 1.807) is 11.1 Å². The monoisotopic (exact) mass is 263 g/mol. The number of aryl methyl sites for hydroxylation is 1. The minimum Gasteiger partial charge on any atom is -0.444 e. The lowest BCUT2D eigenvalue weighted by molar-refractivity contribution is 0.0221. The van der Waals surface area contributed by atoms with Gasteiger partial charge < -0.3 is 4.74 Å². The first-order valence-corrected chi connectivity index (χ1v) is 6.66. The second-order valence-corrected chi connectivity index (χ2v) is 5.86. The van der Waals surface area contributed by atoms with Crippen LogP contribution in [0, 0.1) is 6.92 Å². The first kappa shape index (κ1) is 13.8. The normalized spacial score (nSPS) is 19.6. The molecule has 1 aliphatic rings. The number of carbonyl (C=O) groups excluding carboxylic acids is 1. The van der Waals surface area contributed by atoms with Crippen LogP contribution in [0.15, 0.2) is 12.3 Å². The van der Waals surface area contributed by atoms with E-state index >= 15 is 0 Å². The Hall–Kier alpha value is -1.65. The van der Waals surface area contributed by atoms with Crippen LogP contribution in [-0.2, 0) is 4.74 Å². The first-order valence-electron chi connectivity index (χ1n) is 6.66. The van der Waals surface area contributed by atoms with E-state index in [-0.39, 0.29) is 12.1 Å². The van der Waals surface area contributed by atoms with E-state index in [1.165, 1.54) is 0 Å². The van der Waals surface area contributed by atoms with Gasteiger partial charge in [0.25, 0.3) is 0 Å². The van der Waals surface area contributed by atoms with E-state index in [1.807, 2.05) is 33.8 Å². The molecule has 5 heteroatoms. The number of ether oxygens (including phenoxy) is 1. The molecule has 1 aromatic rings. The number of carbonyl (C=O) groups is 1. The molecule has 2 rings (SSSR count). The van der Waals surface area contributed by atoms with Crippen LogP contribution in [0.25, 0.3) is 0 Å². The van der Waals surface area contributed by atoms with Gasteiger partial charge in [-0.05, 0) is 46.6 Å². The first-order chi connectivity index (χ1) is 8.87. The molecule has 0 saturated carbocycles. The second kappa shape index (κ2) is 5.15. The number of aromatic nitrogens is 2. The summed E-state index contributed by atoms with van der Waals surface area (Å²) >= 11 is 0. The summed E-state index contributed by atoms with van der Waals surface area (Å²) < 4.78 is 5.45. The van der Waals surface area contributed by atoms with E-state index in [2.05, 4.69) is 9.97 Å². The lowest BCUT2D eigenvalue weighted by Gasteiger charge is -2.28. The maximum absolute atomic E-state index is 12.2. The van der Waals surface area contributed by atoms with Gasteiger partial charge in [-0.1, -0.05) is 0 Å². The molecule has 1 amide bonds.